The van der Waals surface area contributed by atoms with E-state index < -0.39 is 0 Å². The van der Waals surface area contributed by atoms with Gasteiger partial charge in [0.1, 0.15) is 0 Å². The van der Waals surface area contributed by atoms with Crippen LogP contribution in [0, 0.1) is 0 Å². The van der Waals surface area contributed by atoms with Crippen LogP contribution >= 0.6 is 0 Å². The Morgan fingerprint density at radius 1 is 1.00 bits per heavy atom. The van der Waals surface area contributed by atoms with E-state index in [-0.39, 0.29) is 11.9 Å². The summed E-state index contributed by atoms with van der Waals surface area (Å²) in [4.78, 5) is 14.7. The van der Waals surface area contributed by atoms with Crippen LogP contribution in [0.3, 0.4) is 0 Å². The molecule has 4 heteroatoms. The topological polar surface area (TPSA) is 41.6 Å². The summed E-state index contributed by atoms with van der Waals surface area (Å²) < 4.78 is 5.48. The fourth-order valence-electron chi connectivity index (χ4n) is 3.42. The number of rotatable bonds is 8. The minimum Gasteiger partial charge on any atom is -0.379 e. The zero-order valence-electron chi connectivity index (χ0n) is 15.3. The highest BCUT2D eigenvalue weighted by molar-refractivity contribution is 5.75. The number of hydrogen-bond acceptors (Lipinski definition) is 3. The highest BCUT2D eigenvalue weighted by atomic mass is 16.5. The molecule has 1 N–H and O–H groups in total. The van der Waals surface area contributed by atoms with E-state index in [1.807, 2.05) is 24.3 Å². The van der Waals surface area contributed by atoms with E-state index in [2.05, 4.69) is 46.6 Å². The Bertz CT molecular complexity index is 654. The van der Waals surface area contributed by atoms with Crippen LogP contribution in [0.1, 0.15) is 30.0 Å². The molecule has 1 atom stereocenters. The minimum absolute atomic E-state index is 0.134. The summed E-state index contributed by atoms with van der Waals surface area (Å²) in [6.07, 6.45) is 2.39. The predicted molar refractivity (Wildman–Crippen MR) is 104 cm³/mol. The molecule has 4 nitrogen and oxygen atoms in total. The fraction of sp³-hybridized carbons (Fsp3) is 0.409. The Balaban J connectivity index is 1.49. The van der Waals surface area contributed by atoms with Crippen molar-refractivity contribution in [1.82, 2.24) is 10.2 Å². The number of nitrogens with zero attached hydrogens (tertiary/aromatic N) is 1. The van der Waals surface area contributed by atoms with Gasteiger partial charge < -0.3 is 10.1 Å². The van der Waals surface area contributed by atoms with Crippen LogP contribution in [0.4, 0.5) is 0 Å². The minimum atomic E-state index is 0.134. The first-order chi connectivity index (χ1) is 12.8. The van der Waals surface area contributed by atoms with E-state index in [9.17, 15) is 4.79 Å². The second-order valence-corrected chi connectivity index (χ2v) is 6.72. The highest BCUT2D eigenvalue weighted by Crippen LogP contribution is 2.21. The SMILES string of the molecule is O=C(CCCc1ccccc1)NCC(c1ccccc1)N1CCOCC1. The lowest BCUT2D eigenvalue weighted by Gasteiger charge is -2.35. The maximum absolute atomic E-state index is 12.3. The Kier molecular flexibility index (Phi) is 7.23. The monoisotopic (exact) mass is 352 g/mol. The van der Waals surface area contributed by atoms with Crippen molar-refractivity contribution in [2.45, 2.75) is 25.3 Å². The van der Waals surface area contributed by atoms with Gasteiger partial charge in [-0.3, -0.25) is 9.69 Å². The summed E-state index contributed by atoms with van der Waals surface area (Å²) in [6, 6.07) is 21.0. The molecule has 2 aromatic carbocycles. The molecular weight excluding hydrogens is 324 g/mol. The Hall–Kier alpha value is -2.17. The van der Waals surface area contributed by atoms with Gasteiger partial charge in [-0.15, -0.1) is 0 Å². The number of carbonyl (C=O) groups excluding carboxylic acids is 1. The largest absolute Gasteiger partial charge is 0.379 e. The van der Waals surface area contributed by atoms with Crippen molar-refractivity contribution in [2.75, 3.05) is 32.8 Å². The van der Waals surface area contributed by atoms with Gasteiger partial charge in [-0.05, 0) is 24.0 Å². The number of morpholine rings is 1. The van der Waals surface area contributed by atoms with Crippen molar-refractivity contribution < 1.29 is 9.53 Å². The first-order valence-corrected chi connectivity index (χ1v) is 9.50. The zero-order valence-corrected chi connectivity index (χ0v) is 15.3. The second kappa shape index (κ2) is 10.1. The Labute approximate surface area is 156 Å². The molecule has 0 saturated carbocycles. The molecule has 1 saturated heterocycles. The first kappa shape index (κ1) is 18.6. The molecule has 138 valence electrons. The lowest BCUT2D eigenvalue weighted by atomic mass is 10.0. The molecule has 1 aliphatic heterocycles. The smallest absolute Gasteiger partial charge is 0.220 e. The second-order valence-electron chi connectivity index (χ2n) is 6.72. The maximum Gasteiger partial charge on any atom is 0.220 e. The molecule has 1 amide bonds. The van der Waals surface area contributed by atoms with Crippen LogP contribution in [-0.4, -0.2) is 43.7 Å². The van der Waals surface area contributed by atoms with Gasteiger partial charge in [0.2, 0.25) is 5.91 Å². The van der Waals surface area contributed by atoms with E-state index in [4.69, 9.17) is 4.74 Å². The summed E-state index contributed by atoms with van der Waals surface area (Å²) in [7, 11) is 0. The normalized spacial score (nSPS) is 16.2. The quantitative estimate of drug-likeness (QED) is 0.793. The van der Waals surface area contributed by atoms with Crippen LogP contribution in [0.15, 0.2) is 60.7 Å². The first-order valence-electron chi connectivity index (χ1n) is 9.50. The van der Waals surface area contributed by atoms with Crippen molar-refractivity contribution in [3.05, 3.63) is 71.8 Å². The van der Waals surface area contributed by atoms with E-state index in [0.717, 1.165) is 39.1 Å². The van der Waals surface area contributed by atoms with Crippen molar-refractivity contribution in [3.8, 4) is 0 Å². The molecular formula is C22H28N2O2. The zero-order chi connectivity index (χ0) is 18.0. The van der Waals surface area contributed by atoms with Crippen LogP contribution in [0.2, 0.25) is 0 Å². The maximum atomic E-state index is 12.3. The van der Waals surface area contributed by atoms with Gasteiger partial charge in [-0.2, -0.15) is 0 Å². The lowest BCUT2D eigenvalue weighted by Crippen LogP contribution is -2.43. The molecule has 2 aromatic rings. The van der Waals surface area contributed by atoms with Crippen LogP contribution < -0.4 is 5.32 Å². The van der Waals surface area contributed by atoms with Crippen LogP contribution in [-0.2, 0) is 16.0 Å². The van der Waals surface area contributed by atoms with E-state index in [1.54, 1.807) is 0 Å². The predicted octanol–water partition coefficient (Wildman–Crippen LogP) is 3.20. The van der Waals surface area contributed by atoms with E-state index in [0.29, 0.717) is 13.0 Å². The van der Waals surface area contributed by atoms with Crippen molar-refractivity contribution in [3.63, 3.8) is 0 Å². The fourth-order valence-corrected chi connectivity index (χ4v) is 3.42. The molecule has 0 aromatic heterocycles. The van der Waals surface area contributed by atoms with Gasteiger partial charge in [0.15, 0.2) is 0 Å². The number of ether oxygens (including phenoxy) is 1. The van der Waals surface area contributed by atoms with E-state index in [1.165, 1.54) is 11.1 Å². The number of benzene rings is 2. The highest BCUT2D eigenvalue weighted by Gasteiger charge is 2.22. The molecule has 1 fully saturated rings. The molecule has 0 spiro atoms. The number of amides is 1. The third kappa shape index (κ3) is 5.68. The Morgan fingerprint density at radius 2 is 1.65 bits per heavy atom. The van der Waals surface area contributed by atoms with Gasteiger partial charge in [-0.1, -0.05) is 60.7 Å². The molecule has 3 rings (SSSR count). The summed E-state index contributed by atoms with van der Waals surface area (Å²) in [5, 5.41) is 3.14. The van der Waals surface area contributed by atoms with Gasteiger partial charge in [0, 0.05) is 26.1 Å². The number of aryl methyl sites for hydroxylation is 1. The van der Waals surface area contributed by atoms with Gasteiger partial charge in [0.05, 0.1) is 19.3 Å². The molecule has 0 radical (unpaired) electrons. The molecule has 0 aliphatic carbocycles. The average molecular weight is 352 g/mol. The van der Waals surface area contributed by atoms with Crippen LogP contribution in [0.5, 0.6) is 0 Å². The summed E-state index contributed by atoms with van der Waals surface area (Å²) >= 11 is 0. The van der Waals surface area contributed by atoms with Gasteiger partial charge >= 0.3 is 0 Å². The molecule has 26 heavy (non-hydrogen) atoms. The molecule has 1 heterocycles. The van der Waals surface area contributed by atoms with E-state index >= 15 is 0 Å². The van der Waals surface area contributed by atoms with Crippen molar-refractivity contribution >= 4 is 5.91 Å². The Morgan fingerprint density at radius 3 is 2.35 bits per heavy atom. The van der Waals surface area contributed by atoms with Gasteiger partial charge in [-0.25, -0.2) is 0 Å². The number of hydrogen-bond donors (Lipinski definition) is 1. The lowest BCUT2D eigenvalue weighted by molar-refractivity contribution is -0.121. The number of carbonyl (C=O) groups is 1. The van der Waals surface area contributed by atoms with Gasteiger partial charge in [0.25, 0.3) is 0 Å². The molecule has 0 bridgehead atoms. The molecule has 1 unspecified atom stereocenters. The van der Waals surface area contributed by atoms with Crippen molar-refractivity contribution in [2.24, 2.45) is 0 Å². The standard InChI is InChI=1S/C22H28N2O2/c25-22(13-7-10-19-8-3-1-4-9-19)23-18-21(20-11-5-2-6-12-20)24-14-16-26-17-15-24/h1-6,8-9,11-12,21H,7,10,13-18H2,(H,23,25). The van der Waals surface area contributed by atoms with Crippen molar-refractivity contribution in [1.29, 1.82) is 0 Å². The van der Waals surface area contributed by atoms with Crippen LogP contribution in [0.25, 0.3) is 0 Å². The third-order valence-corrected chi connectivity index (χ3v) is 4.88. The number of nitrogens with one attached hydrogen (secondary N) is 1. The summed E-state index contributed by atoms with van der Waals surface area (Å²) in [5.41, 5.74) is 2.54. The third-order valence-electron chi connectivity index (χ3n) is 4.88. The summed E-state index contributed by atoms with van der Waals surface area (Å²) in [6.45, 7) is 3.98. The summed E-state index contributed by atoms with van der Waals surface area (Å²) in [5.74, 6) is 0.134. The average Bonchev–Trinajstić information content (AvgIpc) is 2.71. The molecule has 1 aliphatic rings.